The van der Waals surface area contributed by atoms with Crippen molar-refractivity contribution >= 4 is 23.5 Å². The number of rotatable bonds is 6. The average Bonchev–Trinajstić information content (AvgIpc) is 3.02. The molecule has 0 aromatic rings. The lowest BCUT2D eigenvalue weighted by atomic mass is 9.45. The third kappa shape index (κ3) is 3.75. The van der Waals surface area contributed by atoms with E-state index in [4.69, 9.17) is 9.84 Å². The Morgan fingerprint density at radius 3 is 2.55 bits per heavy atom. The highest BCUT2D eigenvalue weighted by Crippen LogP contribution is 2.67. The summed E-state index contributed by atoms with van der Waals surface area (Å²) >= 11 is 0. The van der Waals surface area contributed by atoms with Crippen LogP contribution in [0.4, 0.5) is 0 Å². The number of allylic oxidation sites excluding steroid dienone is 1. The molecule has 4 aliphatic carbocycles. The lowest BCUT2D eigenvalue weighted by Crippen LogP contribution is -2.62. The first-order valence-corrected chi connectivity index (χ1v) is 12.0. The molecule has 0 radical (unpaired) electrons. The smallest absolute Gasteiger partial charge is 0.306 e. The summed E-state index contributed by atoms with van der Waals surface area (Å²) in [5, 5.41) is 31.6. The molecule has 4 aliphatic rings. The summed E-state index contributed by atoms with van der Waals surface area (Å²) in [7, 11) is 0. The average molecular weight is 463 g/mol. The molecule has 4 rings (SSSR count). The fourth-order valence-electron chi connectivity index (χ4n) is 7.70. The Bertz CT molecular complexity index is 908. The number of carboxylic acid groups (broad SMARTS) is 1. The normalized spacial score (nSPS) is 41.9. The molecule has 182 valence electrons. The maximum absolute atomic E-state index is 13.1. The van der Waals surface area contributed by atoms with Crippen molar-refractivity contribution in [2.75, 3.05) is 6.61 Å². The van der Waals surface area contributed by atoms with Crippen molar-refractivity contribution in [3.8, 4) is 0 Å². The molecule has 8 nitrogen and oxygen atoms in total. The van der Waals surface area contributed by atoms with Gasteiger partial charge in [0, 0.05) is 11.8 Å². The molecule has 33 heavy (non-hydrogen) atoms. The van der Waals surface area contributed by atoms with E-state index < -0.39 is 41.4 Å². The second-order valence-electron chi connectivity index (χ2n) is 11.0. The minimum Gasteiger partial charge on any atom is -0.481 e. The predicted octanol–water partition coefficient (Wildman–Crippen LogP) is 2.20. The Morgan fingerprint density at radius 2 is 1.85 bits per heavy atom. The Kier molecular flexibility index (Phi) is 6.06. The number of esters is 1. The number of aliphatic hydroxyl groups excluding tert-OH is 1. The highest BCUT2D eigenvalue weighted by Gasteiger charge is 2.68. The van der Waals surface area contributed by atoms with E-state index in [1.807, 2.05) is 6.92 Å². The molecule has 0 aliphatic heterocycles. The lowest BCUT2D eigenvalue weighted by molar-refractivity contribution is -0.184. The van der Waals surface area contributed by atoms with Gasteiger partial charge in [-0.2, -0.15) is 0 Å². The quantitative estimate of drug-likeness (QED) is 0.511. The van der Waals surface area contributed by atoms with E-state index in [1.165, 1.54) is 0 Å². The fourth-order valence-corrected chi connectivity index (χ4v) is 7.70. The Morgan fingerprint density at radius 1 is 1.12 bits per heavy atom. The Hall–Kier alpha value is -2.06. The summed E-state index contributed by atoms with van der Waals surface area (Å²) < 4.78 is 4.97. The van der Waals surface area contributed by atoms with Gasteiger partial charge in [0.15, 0.2) is 12.4 Å². The summed E-state index contributed by atoms with van der Waals surface area (Å²) in [6.45, 7) is 3.41. The van der Waals surface area contributed by atoms with E-state index in [0.717, 1.165) is 24.8 Å². The first-order chi connectivity index (χ1) is 15.4. The minimum absolute atomic E-state index is 0.0185. The van der Waals surface area contributed by atoms with E-state index in [9.17, 15) is 29.4 Å². The van der Waals surface area contributed by atoms with Crippen molar-refractivity contribution in [2.45, 2.75) is 83.3 Å². The number of carbonyl (C=O) groups is 4. The zero-order valence-electron chi connectivity index (χ0n) is 19.3. The number of ketones is 2. The van der Waals surface area contributed by atoms with E-state index in [2.05, 4.69) is 6.92 Å². The van der Waals surface area contributed by atoms with Gasteiger partial charge in [0.2, 0.25) is 5.78 Å². The van der Waals surface area contributed by atoms with Gasteiger partial charge in [-0.1, -0.05) is 19.4 Å². The Balaban J connectivity index is 1.53. The highest BCUT2D eigenvalue weighted by atomic mass is 16.5. The summed E-state index contributed by atoms with van der Waals surface area (Å²) in [6.07, 6.45) is 4.30. The molecule has 3 fully saturated rings. The van der Waals surface area contributed by atoms with Gasteiger partial charge in [0.25, 0.3) is 0 Å². The van der Waals surface area contributed by atoms with Crippen LogP contribution in [0, 0.1) is 28.6 Å². The van der Waals surface area contributed by atoms with Crippen LogP contribution in [-0.4, -0.2) is 57.1 Å². The van der Waals surface area contributed by atoms with Crippen LogP contribution in [0.2, 0.25) is 0 Å². The van der Waals surface area contributed by atoms with E-state index in [-0.39, 0.29) is 54.6 Å². The van der Waals surface area contributed by atoms with Crippen LogP contribution in [-0.2, 0) is 23.9 Å². The fraction of sp³-hybridized carbons (Fsp3) is 0.760. The summed E-state index contributed by atoms with van der Waals surface area (Å²) in [6, 6.07) is 0. The number of aliphatic carboxylic acids is 1. The third-order valence-electron chi connectivity index (χ3n) is 9.42. The first-order valence-electron chi connectivity index (χ1n) is 12.0. The Labute approximate surface area is 193 Å². The van der Waals surface area contributed by atoms with Crippen LogP contribution in [0.3, 0.4) is 0 Å². The number of hydrogen-bond donors (Lipinski definition) is 3. The standard InChI is InChI=1S/C25H34O8/c1-23-9-7-15(26)11-14(23)3-4-16-17-8-10-25(32,24(17,2)12-18(27)22(16)23)19(28)13-33-21(31)6-5-20(29)30/h11,16-18,22,27,32H,3-10,12-13H2,1-2H3,(H,29,30)/t16-,17-,18-,22+,23+,24+,25-/m1/s1. The van der Waals surface area contributed by atoms with Crippen molar-refractivity contribution in [3.63, 3.8) is 0 Å². The molecule has 0 aromatic heterocycles. The molecule has 0 amide bonds. The van der Waals surface area contributed by atoms with Crippen LogP contribution < -0.4 is 0 Å². The van der Waals surface area contributed by atoms with Gasteiger partial charge in [-0.05, 0) is 67.8 Å². The summed E-state index contributed by atoms with van der Waals surface area (Å²) in [5.41, 5.74) is -1.68. The predicted molar refractivity (Wildman–Crippen MR) is 116 cm³/mol. The summed E-state index contributed by atoms with van der Waals surface area (Å²) in [4.78, 5) is 47.5. The SMILES string of the molecule is C[C@]12CCC(=O)C=C1CC[C@H]1[C@H]2[C@H](O)C[C@@]2(C)[C@@H]1CC[C@@]2(O)C(=O)COC(=O)CCC(=O)O. The third-order valence-corrected chi connectivity index (χ3v) is 9.42. The number of Topliss-reactive ketones (excluding diaryl/α,β-unsaturated/α-hetero) is 1. The van der Waals surface area contributed by atoms with Crippen LogP contribution in [0.5, 0.6) is 0 Å². The molecule has 7 atom stereocenters. The number of aliphatic hydroxyl groups is 2. The van der Waals surface area contributed by atoms with E-state index in [0.29, 0.717) is 12.8 Å². The molecule has 0 unspecified atom stereocenters. The lowest BCUT2D eigenvalue weighted by Gasteiger charge is -2.60. The van der Waals surface area contributed by atoms with Crippen molar-refractivity contribution < 1.29 is 39.2 Å². The molecule has 0 bridgehead atoms. The second-order valence-corrected chi connectivity index (χ2v) is 11.0. The summed E-state index contributed by atoms with van der Waals surface area (Å²) in [5.74, 6) is -2.20. The number of ether oxygens (including phenoxy) is 1. The topological polar surface area (TPSA) is 138 Å². The van der Waals surface area contributed by atoms with Crippen molar-refractivity contribution in [3.05, 3.63) is 11.6 Å². The molecule has 8 heteroatoms. The second kappa shape index (κ2) is 8.31. The molecule has 3 N–H and O–H groups in total. The van der Waals surface area contributed by atoms with Gasteiger partial charge < -0.3 is 20.1 Å². The van der Waals surface area contributed by atoms with Gasteiger partial charge in [0.05, 0.1) is 18.9 Å². The van der Waals surface area contributed by atoms with Crippen LogP contribution >= 0.6 is 0 Å². The van der Waals surface area contributed by atoms with Crippen molar-refractivity contribution in [1.29, 1.82) is 0 Å². The monoisotopic (exact) mass is 462 g/mol. The molecular weight excluding hydrogens is 428 g/mol. The molecule has 0 spiro atoms. The van der Waals surface area contributed by atoms with Crippen LogP contribution in [0.25, 0.3) is 0 Å². The van der Waals surface area contributed by atoms with Crippen molar-refractivity contribution in [1.82, 2.24) is 0 Å². The molecule has 0 heterocycles. The van der Waals surface area contributed by atoms with Gasteiger partial charge in [-0.25, -0.2) is 0 Å². The largest absolute Gasteiger partial charge is 0.481 e. The zero-order chi connectivity index (χ0) is 24.2. The molecule has 0 aromatic carbocycles. The van der Waals surface area contributed by atoms with Gasteiger partial charge in [-0.15, -0.1) is 0 Å². The number of carboxylic acids is 1. The number of hydrogen-bond acceptors (Lipinski definition) is 7. The van der Waals surface area contributed by atoms with Gasteiger partial charge in [-0.3, -0.25) is 19.2 Å². The van der Waals surface area contributed by atoms with E-state index in [1.54, 1.807) is 6.08 Å². The minimum atomic E-state index is -1.71. The number of carbonyl (C=O) groups excluding carboxylic acids is 3. The molecular formula is C25H34O8. The number of fused-ring (bicyclic) bond motifs is 5. The maximum atomic E-state index is 13.1. The van der Waals surface area contributed by atoms with Crippen molar-refractivity contribution in [2.24, 2.45) is 28.6 Å². The first kappa shape index (κ1) is 24.1. The highest BCUT2D eigenvalue weighted by molar-refractivity contribution is 5.92. The van der Waals surface area contributed by atoms with E-state index >= 15 is 0 Å². The molecule has 3 saturated carbocycles. The van der Waals surface area contributed by atoms with Crippen LogP contribution in [0.1, 0.15) is 71.6 Å². The van der Waals surface area contributed by atoms with Crippen LogP contribution in [0.15, 0.2) is 11.6 Å². The van der Waals surface area contributed by atoms with Gasteiger partial charge >= 0.3 is 11.9 Å². The molecule has 0 saturated heterocycles. The maximum Gasteiger partial charge on any atom is 0.306 e. The van der Waals surface area contributed by atoms with Gasteiger partial charge in [0.1, 0.15) is 5.60 Å². The zero-order valence-corrected chi connectivity index (χ0v) is 19.3.